The molecule has 10 heteroatoms. The molecular formula is C35H54N2O6Si2. The molecule has 8 nitrogen and oxygen atoms in total. The molecule has 45 heavy (non-hydrogen) atoms. The van der Waals surface area contributed by atoms with Crippen molar-refractivity contribution >= 4 is 22.5 Å². The molecule has 2 heterocycles. The van der Waals surface area contributed by atoms with Crippen molar-refractivity contribution in [1.29, 1.82) is 0 Å². The van der Waals surface area contributed by atoms with E-state index >= 15 is 0 Å². The summed E-state index contributed by atoms with van der Waals surface area (Å²) in [5.41, 5.74) is -1.16. The molecule has 0 radical (unpaired) electrons. The van der Waals surface area contributed by atoms with E-state index in [1.54, 1.807) is 37.3 Å². The molecule has 1 saturated heterocycles. The third-order valence-electron chi connectivity index (χ3n) is 9.43. The number of benzene rings is 1. The smallest absolute Gasteiger partial charge is 0.341 e. The van der Waals surface area contributed by atoms with Gasteiger partial charge in [-0.2, -0.15) is 4.57 Å². The zero-order chi connectivity index (χ0) is 34.3. The first-order chi connectivity index (χ1) is 20.4. The lowest BCUT2D eigenvalue weighted by Gasteiger charge is -2.40. The average Bonchev–Trinajstić information content (AvgIpc) is 3.28. The summed E-state index contributed by atoms with van der Waals surface area (Å²) in [6, 6.07) is 8.34. The van der Waals surface area contributed by atoms with Gasteiger partial charge in [0, 0.05) is 23.0 Å². The van der Waals surface area contributed by atoms with Crippen molar-refractivity contribution in [2.24, 2.45) is 5.41 Å². The highest BCUT2D eigenvalue weighted by Crippen LogP contribution is 2.42. The highest BCUT2D eigenvalue weighted by atomic mass is 28.4. The van der Waals surface area contributed by atoms with Crippen LogP contribution in [0.4, 0.5) is 0 Å². The van der Waals surface area contributed by atoms with Crippen molar-refractivity contribution in [3.8, 4) is 11.8 Å². The minimum absolute atomic E-state index is 0.00213. The maximum absolute atomic E-state index is 14.3. The SMILES string of the molecule is Cc1c(C#CC(C)(C)C)n([C@H]2C[C@H](O[Si](C)(C)C(C)(C)C)[C@@H](CO[Si](C)(C)C(C)(C)C)O2)c(=O)n(C(=O)c2ccccc2)c1=O. The number of carbonyl (C=O) groups is 1. The Labute approximate surface area is 271 Å². The predicted molar refractivity (Wildman–Crippen MR) is 186 cm³/mol. The van der Waals surface area contributed by atoms with Crippen LogP contribution in [-0.4, -0.2) is 50.5 Å². The van der Waals surface area contributed by atoms with Gasteiger partial charge >= 0.3 is 5.69 Å². The molecule has 0 bridgehead atoms. The molecule has 0 aliphatic carbocycles. The quantitative estimate of drug-likeness (QED) is 0.234. The van der Waals surface area contributed by atoms with Crippen molar-refractivity contribution < 1.29 is 18.4 Å². The number of aromatic nitrogens is 2. The zero-order valence-corrected chi connectivity index (χ0v) is 31.9. The predicted octanol–water partition coefficient (Wildman–Crippen LogP) is 7.10. The summed E-state index contributed by atoms with van der Waals surface area (Å²) in [4.78, 5) is 41.5. The van der Waals surface area contributed by atoms with Crippen LogP contribution < -0.4 is 11.2 Å². The van der Waals surface area contributed by atoms with Gasteiger partial charge < -0.3 is 13.6 Å². The normalized spacial score (nSPS) is 19.7. The standard InChI is InChI=1S/C35H54N2O6Si2/c1-24-26(20-21-33(2,3)4)36(32(40)37(30(24)38)31(39)25-18-16-15-17-19-25)29-22-27(43-45(13,14)35(8,9)10)28(42-29)23-41-44(11,12)34(5,6)7/h15-19,27-29H,22-23H2,1-14H3/t27-,28+,29+/m0/s1. The highest BCUT2D eigenvalue weighted by Gasteiger charge is 2.47. The molecular weight excluding hydrogens is 601 g/mol. The first-order valence-electron chi connectivity index (χ1n) is 15.9. The third-order valence-corrected chi connectivity index (χ3v) is 18.4. The van der Waals surface area contributed by atoms with Gasteiger partial charge in [-0.25, -0.2) is 4.79 Å². The van der Waals surface area contributed by atoms with Gasteiger partial charge in [-0.05, 0) is 82.0 Å². The van der Waals surface area contributed by atoms with Gasteiger partial charge in [0.2, 0.25) is 0 Å². The molecule has 248 valence electrons. The van der Waals surface area contributed by atoms with E-state index < -0.39 is 51.5 Å². The second-order valence-corrected chi connectivity index (χ2v) is 25.9. The topological polar surface area (TPSA) is 88.8 Å². The Hall–Kier alpha value is -2.56. The summed E-state index contributed by atoms with van der Waals surface area (Å²) in [6.45, 7) is 29.7. The number of hydrogen-bond acceptors (Lipinski definition) is 6. The first-order valence-corrected chi connectivity index (χ1v) is 21.7. The lowest BCUT2D eigenvalue weighted by atomic mass is 9.97. The molecule has 2 aromatic rings. The van der Waals surface area contributed by atoms with Crippen LogP contribution in [0.5, 0.6) is 0 Å². The van der Waals surface area contributed by atoms with Crippen molar-refractivity contribution in [2.45, 2.75) is 130 Å². The van der Waals surface area contributed by atoms with Crippen LogP contribution in [0.1, 0.15) is 96.6 Å². The van der Waals surface area contributed by atoms with Gasteiger partial charge in [0.25, 0.3) is 11.5 Å². The van der Waals surface area contributed by atoms with E-state index in [0.717, 1.165) is 0 Å². The molecule has 1 aromatic carbocycles. The van der Waals surface area contributed by atoms with Crippen LogP contribution in [0.25, 0.3) is 0 Å². The Kier molecular flexibility index (Phi) is 10.6. The highest BCUT2D eigenvalue weighted by molar-refractivity contribution is 6.74. The molecule has 0 N–H and O–H groups in total. The number of hydrogen-bond donors (Lipinski definition) is 0. The molecule has 1 aromatic heterocycles. The largest absolute Gasteiger partial charge is 0.414 e. The summed E-state index contributed by atoms with van der Waals surface area (Å²) >= 11 is 0. The average molecular weight is 655 g/mol. The van der Waals surface area contributed by atoms with Gasteiger partial charge in [0.15, 0.2) is 16.6 Å². The third kappa shape index (κ3) is 8.24. The van der Waals surface area contributed by atoms with E-state index in [1.165, 1.54) is 4.57 Å². The first kappa shape index (κ1) is 36.9. The summed E-state index contributed by atoms with van der Waals surface area (Å²) in [6.07, 6.45) is -1.29. The molecule has 1 fully saturated rings. The Morgan fingerprint density at radius 1 is 0.933 bits per heavy atom. The van der Waals surface area contributed by atoms with Crippen LogP contribution in [0.3, 0.4) is 0 Å². The molecule has 0 amide bonds. The lowest BCUT2D eigenvalue weighted by Crippen LogP contribution is -2.48. The van der Waals surface area contributed by atoms with Gasteiger partial charge in [-0.15, -0.1) is 0 Å². The van der Waals surface area contributed by atoms with Crippen LogP contribution >= 0.6 is 0 Å². The van der Waals surface area contributed by atoms with Crippen molar-refractivity contribution in [2.75, 3.05) is 6.61 Å². The summed E-state index contributed by atoms with van der Waals surface area (Å²) in [7, 11) is -4.40. The van der Waals surface area contributed by atoms with E-state index in [4.69, 9.17) is 13.6 Å². The summed E-state index contributed by atoms with van der Waals surface area (Å²) < 4.78 is 22.3. The van der Waals surface area contributed by atoms with E-state index in [1.807, 2.05) is 20.8 Å². The number of ether oxygens (including phenoxy) is 1. The number of rotatable bonds is 7. The second kappa shape index (κ2) is 12.9. The van der Waals surface area contributed by atoms with Gasteiger partial charge in [-0.1, -0.05) is 65.7 Å². The van der Waals surface area contributed by atoms with E-state index in [2.05, 4.69) is 79.6 Å². The number of carbonyl (C=O) groups excluding carboxylic acids is 1. The number of nitrogens with zero attached hydrogens (tertiary/aromatic N) is 2. The van der Waals surface area contributed by atoms with Crippen molar-refractivity contribution in [1.82, 2.24) is 9.13 Å². The van der Waals surface area contributed by atoms with Gasteiger partial charge in [0.05, 0.1) is 12.7 Å². The monoisotopic (exact) mass is 654 g/mol. The lowest BCUT2D eigenvalue weighted by molar-refractivity contribution is -0.0418. The fourth-order valence-corrected chi connectivity index (χ4v) is 6.86. The summed E-state index contributed by atoms with van der Waals surface area (Å²) in [5.74, 6) is 5.60. The maximum atomic E-state index is 14.3. The Morgan fingerprint density at radius 2 is 1.49 bits per heavy atom. The van der Waals surface area contributed by atoms with Crippen LogP contribution in [-0.2, 0) is 13.6 Å². The van der Waals surface area contributed by atoms with E-state index in [9.17, 15) is 14.4 Å². The van der Waals surface area contributed by atoms with E-state index in [-0.39, 0.29) is 33.0 Å². The van der Waals surface area contributed by atoms with Crippen molar-refractivity contribution in [3.63, 3.8) is 0 Å². The zero-order valence-electron chi connectivity index (χ0n) is 29.9. The maximum Gasteiger partial charge on any atom is 0.341 e. The molecule has 0 unspecified atom stereocenters. The van der Waals surface area contributed by atoms with Gasteiger partial charge in [-0.3, -0.25) is 14.2 Å². The molecule has 0 saturated carbocycles. The Bertz CT molecular complexity index is 1580. The van der Waals surface area contributed by atoms with Crippen LogP contribution in [0.15, 0.2) is 39.9 Å². The van der Waals surface area contributed by atoms with Crippen molar-refractivity contribution in [3.05, 3.63) is 68.0 Å². The Balaban J connectivity index is 2.22. The Morgan fingerprint density at radius 3 is 2.00 bits per heavy atom. The minimum atomic E-state index is -2.26. The molecule has 3 atom stereocenters. The molecule has 1 aliphatic rings. The fourth-order valence-electron chi connectivity index (χ4n) is 4.49. The fraction of sp³-hybridized carbons (Fsp3) is 0.629. The molecule has 0 spiro atoms. The van der Waals surface area contributed by atoms with Crippen LogP contribution in [0, 0.1) is 24.2 Å². The summed E-state index contributed by atoms with van der Waals surface area (Å²) in [5, 5.41) is -0.0557. The molecule has 1 aliphatic heterocycles. The second-order valence-electron chi connectivity index (χ2n) is 16.3. The van der Waals surface area contributed by atoms with E-state index in [0.29, 0.717) is 17.6 Å². The van der Waals surface area contributed by atoms with Crippen LogP contribution in [0.2, 0.25) is 36.3 Å². The molecule has 3 rings (SSSR count). The minimum Gasteiger partial charge on any atom is -0.414 e. The van der Waals surface area contributed by atoms with Gasteiger partial charge in [0.1, 0.15) is 18.0 Å².